The summed E-state index contributed by atoms with van der Waals surface area (Å²) in [5.41, 5.74) is 15.6. The van der Waals surface area contributed by atoms with Crippen molar-refractivity contribution in [2.45, 2.75) is 0 Å². The molecule has 60 heavy (non-hydrogen) atoms. The van der Waals surface area contributed by atoms with Gasteiger partial charge in [0.2, 0.25) is 0 Å². The van der Waals surface area contributed by atoms with Crippen LogP contribution in [0.3, 0.4) is 0 Å². The van der Waals surface area contributed by atoms with Crippen LogP contribution in [0.2, 0.25) is 0 Å². The summed E-state index contributed by atoms with van der Waals surface area (Å²) < 4.78 is 4.79. The maximum atomic E-state index is 5.16. The third-order valence-corrected chi connectivity index (χ3v) is 11.9. The molecule has 280 valence electrons. The number of rotatable bonds is 6. The Morgan fingerprint density at radius 1 is 0.267 bits per heavy atom. The van der Waals surface area contributed by atoms with Crippen LogP contribution in [0, 0.1) is 0 Å². The van der Waals surface area contributed by atoms with E-state index in [4.69, 9.17) is 9.97 Å². The van der Waals surface area contributed by atoms with E-state index in [1.54, 1.807) is 0 Å². The lowest BCUT2D eigenvalue weighted by Gasteiger charge is -2.12. The Hall–Kier alpha value is -8.08. The smallest absolute Gasteiger partial charge is 0.160 e. The number of hydrogen-bond acceptors (Lipinski definition) is 2. The van der Waals surface area contributed by atoms with Gasteiger partial charge in [-0.1, -0.05) is 152 Å². The van der Waals surface area contributed by atoms with Crippen molar-refractivity contribution in [2.24, 2.45) is 0 Å². The first-order chi connectivity index (χ1) is 29.7. The summed E-state index contributed by atoms with van der Waals surface area (Å²) in [4.78, 5) is 10.2. The van der Waals surface area contributed by atoms with E-state index in [0.29, 0.717) is 5.82 Å². The molecular formula is C56H36N4. The average Bonchev–Trinajstić information content (AvgIpc) is 3.84. The fraction of sp³-hybridized carbons (Fsp3) is 0. The normalized spacial score (nSPS) is 11.7. The first kappa shape index (κ1) is 34.0. The largest absolute Gasteiger partial charge is 0.309 e. The van der Waals surface area contributed by atoms with Crippen molar-refractivity contribution in [1.82, 2.24) is 19.1 Å². The minimum absolute atomic E-state index is 0.712. The van der Waals surface area contributed by atoms with Gasteiger partial charge in [-0.2, -0.15) is 0 Å². The molecule has 0 saturated carbocycles. The maximum absolute atomic E-state index is 5.16. The van der Waals surface area contributed by atoms with Gasteiger partial charge in [0.25, 0.3) is 0 Å². The molecule has 12 aromatic rings. The van der Waals surface area contributed by atoms with Crippen LogP contribution in [0.15, 0.2) is 218 Å². The lowest BCUT2D eigenvalue weighted by molar-refractivity contribution is 1.18. The number of benzene rings is 9. The minimum atomic E-state index is 0.712. The van der Waals surface area contributed by atoms with Gasteiger partial charge in [0, 0.05) is 49.4 Å². The Balaban J connectivity index is 0.959. The van der Waals surface area contributed by atoms with Gasteiger partial charge < -0.3 is 9.13 Å². The predicted octanol–water partition coefficient (Wildman–Crippen LogP) is 14.5. The van der Waals surface area contributed by atoms with Crippen molar-refractivity contribution in [3.63, 3.8) is 0 Å². The fourth-order valence-electron chi connectivity index (χ4n) is 9.12. The van der Waals surface area contributed by atoms with E-state index in [1.165, 1.54) is 54.7 Å². The molecule has 0 amide bonds. The van der Waals surface area contributed by atoms with E-state index < -0.39 is 0 Å². The molecular weight excluding hydrogens is 729 g/mol. The highest BCUT2D eigenvalue weighted by Gasteiger charge is 2.17. The van der Waals surface area contributed by atoms with Crippen molar-refractivity contribution >= 4 is 54.5 Å². The molecule has 12 rings (SSSR count). The summed E-state index contributed by atoms with van der Waals surface area (Å²) in [6, 6.07) is 78.1. The highest BCUT2D eigenvalue weighted by Crippen LogP contribution is 2.39. The van der Waals surface area contributed by atoms with Crippen LogP contribution < -0.4 is 0 Å². The van der Waals surface area contributed by atoms with Crippen molar-refractivity contribution in [3.05, 3.63) is 218 Å². The van der Waals surface area contributed by atoms with Gasteiger partial charge in [0.1, 0.15) is 0 Å². The van der Waals surface area contributed by atoms with Crippen molar-refractivity contribution in [2.75, 3.05) is 0 Å². The van der Waals surface area contributed by atoms with E-state index in [1.807, 2.05) is 12.1 Å². The SMILES string of the molecule is c1ccc(-c2nc(-c3cccc(-c4cccc(-n5c6ccccc6c6cc(-c7ccc8c9ccccc9n(-c9ccccc9)c8c7)ccc65)c4)c3)nc3ccccc23)cc1. The zero-order valence-corrected chi connectivity index (χ0v) is 32.6. The highest BCUT2D eigenvalue weighted by molar-refractivity contribution is 6.12. The average molecular weight is 765 g/mol. The first-order valence-electron chi connectivity index (χ1n) is 20.4. The van der Waals surface area contributed by atoms with E-state index in [2.05, 4.69) is 215 Å². The third kappa shape index (κ3) is 5.53. The van der Waals surface area contributed by atoms with Gasteiger partial charge in [-0.05, 0) is 89.0 Å². The molecule has 9 aromatic carbocycles. The van der Waals surface area contributed by atoms with Crippen molar-refractivity contribution in [1.29, 1.82) is 0 Å². The Kier molecular flexibility index (Phi) is 7.82. The Morgan fingerprint density at radius 3 is 1.58 bits per heavy atom. The van der Waals surface area contributed by atoms with Crippen LogP contribution in [-0.4, -0.2) is 19.1 Å². The highest BCUT2D eigenvalue weighted by atomic mass is 15.0. The van der Waals surface area contributed by atoms with Gasteiger partial charge in [0.05, 0.1) is 33.3 Å². The predicted molar refractivity (Wildman–Crippen MR) is 250 cm³/mol. The summed E-state index contributed by atoms with van der Waals surface area (Å²) >= 11 is 0. The second-order valence-electron chi connectivity index (χ2n) is 15.4. The molecule has 0 bridgehead atoms. The molecule has 0 aliphatic rings. The minimum Gasteiger partial charge on any atom is -0.309 e. The molecule has 3 aromatic heterocycles. The summed E-state index contributed by atoms with van der Waals surface area (Å²) in [7, 11) is 0. The molecule has 0 saturated heterocycles. The Bertz CT molecular complexity index is 3600. The fourth-order valence-corrected chi connectivity index (χ4v) is 9.12. The third-order valence-electron chi connectivity index (χ3n) is 11.9. The van der Waals surface area contributed by atoms with Crippen LogP contribution in [-0.2, 0) is 0 Å². The Morgan fingerprint density at radius 2 is 0.783 bits per heavy atom. The molecule has 0 radical (unpaired) electrons. The molecule has 0 spiro atoms. The maximum Gasteiger partial charge on any atom is 0.160 e. The number of fused-ring (bicyclic) bond motifs is 7. The van der Waals surface area contributed by atoms with Crippen LogP contribution in [0.5, 0.6) is 0 Å². The van der Waals surface area contributed by atoms with Crippen LogP contribution in [0.4, 0.5) is 0 Å². The van der Waals surface area contributed by atoms with Crippen molar-refractivity contribution < 1.29 is 0 Å². The number of aromatic nitrogens is 4. The van der Waals surface area contributed by atoms with E-state index >= 15 is 0 Å². The monoisotopic (exact) mass is 764 g/mol. The van der Waals surface area contributed by atoms with E-state index in [0.717, 1.165) is 50.2 Å². The summed E-state index contributed by atoms with van der Waals surface area (Å²) in [6.07, 6.45) is 0. The quantitative estimate of drug-likeness (QED) is 0.169. The summed E-state index contributed by atoms with van der Waals surface area (Å²) in [5.74, 6) is 0.712. The standard InChI is InChI=1S/C56H36N4/c1-3-15-37(16-4-1)55-48-25-7-10-26-50(48)57-56(58-55)42-19-13-17-38(33-42)39-18-14-22-44(34-39)60-52-28-12-9-24-46(52)49-35-40(30-32-53(49)60)41-29-31-47-45-23-8-11-27-51(45)59(54(47)36-41)43-20-5-2-6-21-43/h1-36H. The molecule has 0 fully saturated rings. The summed E-state index contributed by atoms with van der Waals surface area (Å²) in [6.45, 7) is 0. The summed E-state index contributed by atoms with van der Waals surface area (Å²) in [5, 5.41) is 6.01. The zero-order chi connectivity index (χ0) is 39.6. The number of nitrogens with zero attached hydrogens (tertiary/aromatic N) is 4. The molecule has 4 heteroatoms. The number of para-hydroxylation sites is 4. The molecule has 0 unspecified atom stereocenters. The molecule has 4 nitrogen and oxygen atoms in total. The zero-order valence-electron chi connectivity index (χ0n) is 32.6. The van der Waals surface area contributed by atoms with Crippen LogP contribution in [0.25, 0.3) is 111 Å². The first-order valence-corrected chi connectivity index (χ1v) is 20.4. The molecule has 0 aliphatic carbocycles. The van der Waals surface area contributed by atoms with Crippen molar-refractivity contribution in [3.8, 4) is 56.3 Å². The Labute approximate surface area is 346 Å². The lowest BCUT2D eigenvalue weighted by atomic mass is 10.0. The van der Waals surface area contributed by atoms with Crippen LogP contribution in [0.1, 0.15) is 0 Å². The molecule has 0 aliphatic heterocycles. The van der Waals surface area contributed by atoms with E-state index in [-0.39, 0.29) is 0 Å². The molecule has 0 N–H and O–H groups in total. The topological polar surface area (TPSA) is 35.6 Å². The van der Waals surface area contributed by atoms with Gasteiger partial charge in [-0.25, -0.2) is 9.97 Å². The van der Waals surface area contributed by atoms with E-state index in [9.17, 15) is 0 Å². The second-order valence-corrected chi connectivity index (χ2v) is 15.4. The van der Waals surface area contributed by atoms with Gasteiger partial charge in [-0.3, -0.25) is 0 Å². The van der Waals surface area contributed by atoms with Gasteiger partial charge in [0.15, 0.2) is 5.82 Å². The van der Waals surface area contributed by atoms with Crippen LogP contribution >= 0.6 is 0 Å². The van der Waals surface area contributed by atoms with Gasteiger partial charge >= 0.3 is 0 Å². The molecule has 3 heterocycles. The van der Waals surface area contributed by atoms with Gasteiger partial charge in [-0.15, -0.1) is 0 Å². The lowest BCUT2D eigenvalue weighted by Crippen LogP contribution is -1.96. The molecule has 0 atom stereocenters. The second kappa shape index (κ2) is 13.8. The number of hydrogen-bond donors (Lipinski definition) is 0.